The Hall–Kier alpha value is -2.44. The van der Waals surface area contributed by atoms with E-state index in [-0.39, 0.29) is 30.3 Å². The van der Waals surface area contributed by atoms with Gasteiger partial charge in [-0.25, -0.2) is 4.39 Å². The minimum atomic E-state index is -0.864. The number of carbonyl (C=O) groups excluding carboxylic acids is 2. The maximum atomic E-state index is 13.1. The van der Waals surface area contributed by atoms with Gasteiger partial charge >= 0.3 is 5.97 Å². The van der Waals surface area contributed by atoms with E-state index in [0.717, 1.165) is 0 Å². The first-order valence-corrected chi connectivity index (χ1v) is 9.45. The second kappa shape index (κ2) is 8.06. The van der Waals surface area contributed by atoms with Crippen LogP contribution in [0.2, 0.25) is 0 Å². The summed E-state index contributed by atoms with van der Waals surface area (Å²) in [6.45, 7) is 3.06. The van der Waals surface area contributed by atoms with E-state index in [1.807, 2.05) is 6.92 Å². The summed E-state index contributed by atoms with van der Waals surface area (Å²) in [7, 11) is 0. The lowest BCUT2D eigenvalue weighted by atomic mass is 9.90. The second-order valence-corrected chi connectivity index (χ2v) is 7.55. The zero-order valence-electron chi connectivity index (χ0n) is 15.4. The van der Waals surface area contributed by atoms with Crippen molar-refractivity contribution in [2.24, 2.45) is 11.8 Å². The molecular formula is C20H25FN2O4. The van der Waals surface area contributed by atoms with E-state index in [0.29, 0.717) is 44.3 Å². The Balaban J connectivity index is 1.67. The van der Waals surface area contributed by atoms with Crippen molar-refractivity contribution < 1.29 is 23.9 Å². The number of nitrogens with zero attached hydrogens (tertiary/aromatic N) is 2. The van der Waals surface area contributed by atoms with Crippen molar-refractivity contribution in [2.45, 2.75) is 38.6 Å². The number of benzene rings is 1. The molecule has 1 N–H and O–H groups in total. The molecule has 3 rings (SSSR count). The van der Waals surface area contributed by atoms with Gasteiger partial charge in [0.2, 0.25) is 5.91 Å². The smallest absolute Gasteiger partial charge is 0.308 e. The van der Waals surface area contributed by atoms with Gasteiger partial charge in [-0.3, -0.25) is 14.4 Å². The molecule has 6 nitrogen and oxygen atoms in total. The van der Waals surface area contributed by atoms with E-state index in [1.54, 1.807) is 9.80 Å². The molecule has 0 saturated carbocycles. The molecule has 2 heterocycles. The summed E-state index contributed by atoms with van der Waals surface area (Å²) < 4.78 is 13.1. The molecule has 0 spiro atoms. The number of likely N-dealkylation sites (tertiary alicyclic amines) is 2. The van der Waals surface area contributed by atoms with Gasteiger partial charge in [0.1, 0.15) is 5.82 Å². The van der Waals surface area contributed by atoms with Gasteiger partial charge in [-0.05, 0) is 56.9 Å². The van der Waals surface area contributed by atoms with Gasteiger partial charge in [0.05, 0.1) is 11.8 Å². The van der Waals surface area contributed by atoms with E-state index in [4.69, 9.17) is 0 Å². The van der Waals surface area contributed by atoms with Crippen LogP contribution in [0.5, 0.6) is 0 Å². The molecule has 0 aliphatic carbocycles. The maximum absolute atomic E-state index is 13.1. The third kappa shape index (κ3) is 4.28. The predicted octanol–water partition coefficient (Wildman–Crippen LogP) is 2.39. The average Bonchev–Trinajstić information content (AvgIpc) is 2.68. The molecule has 0 aromatic heterocycles. The minimum Gasteiger partial charge on any atom is -0.481 e. The first-order chi connectivity index (χ1) is 12.9. The highest BCUT2D eigenvalue weighted by Crippen LogP contribution is 2.27. The van der Waals surface area contributed by atoms with Crippen LogP contribution < -0.4 is 0 Å². The third-order valence-corrected chi connectivity index (χ3v) is 5.66. The van der Waals surface area contributed by atoms with E-state index >= 15 is 0 Å². The fourth-order valence-electron chi connectivity index (χ4n) is 3.99. The fourth-order valence-corrected chi connectivity index (χ4v) is 3.99. The molecule has 0 bridgehead atoms. The molecule has 146 valence electrons. The molecule has 2 fully saturated rings. The molecule has 27 heavy (non-hydrogen) atoms. The molecule has 2 saturated heterocycles. The SMILES string of the molecule is CC1CCC(C(=O)O)CN1C(=O)C1CCCN(C(=O)c2ccc(F)cc2)C1. The monoisotopic (exact) mass is 376 g/mol. The number of piperidine rings is 2. The van der Waals surface area contributed by atoms with Crippen molar-refractivity contribution >= 4 is 17.8 Å². The zero-order chi connectivity index (χ0) is 19.6. The standard InChI is InChI=1S/C20H25FN2O4/c1-13-4-5-16(20(26)27)12-23(13)19(25)15-3-2-10-22(11-15)18(24)14-6-8-17(21)9-7-14/h6-9,13,15-16H,2-5,10-12H2,1H3,(H,26,27). The van der Waals surface area contributed by atoms with Crippen molar-refractivity contribution in [2.75, 3.05) is 19.6 Å². The number of hydrogen-bond acceptors (Lipinski definition) is 3. The topological polar surface area (TPSA) is 77.9 Å². The predicted molar refractivity (Wildman–Crippen MR) is 96.6 cm³/mol. The van der Waals surface area contributed by atoms with Gasteiger partial charge in [0.25, 0.3) is 5.91 Å². The number of carboxylic acid groups (broad SMARTS) is 1. The van der Waals surface area contributed by atoms with Crippen molar-refractivity contribution in [1.29, 1.82) is 0 Å². The number of carboxylic acids is 1. The Morgan fingerprint density at radius 1 is 1.04 bits per heavy atom. The number of carbonyl (C=O) groups is 3. The summed E-state index contributed by atoms with van der Waals surface area (Å²) in [4.78, 5) is 40.3. The van der Waals surface area contributed by atoms with Gasteiger partial charge in [-0.2, -0.15) is 0 Å². The van der Waals surface area contributed by atoms with Gasteiger partial charge in [-0.15, -0.1) is 0 Å². The molecule has 0 radical (unpaired) electrons. The van der Waals surface area contributed by atoms with E-state index in [1.165, 1.54) is 24.3 Å². The fraction of sp³-hybridized carbons (Fsp3) is 0.550. The highest BCUT2D eigenvalue weighted by Gasteiger charge is 2.37. The molecule has 2 aliphatic heterocycles. The van der Waals surface area contributed by atoms with Crippen LogP contribution in [0, 0.1) is 17.7 Å². The number of amides is 2. The largest absolute Gasteiger partial charge is 0.481 e. The minimum absolute atomic E-state index is 0.0104. The number of hydrogen-bond donors (Lipinski definition) is 1. The van der Waals surface area contributed by atoms with Crippen molar-refractivity contribution in [3.63, 3.8) is 0 Å². The Bertz CT molecular complexity index is 721. The Morgan fingerprint density at radius 2 is 1.74 bits per heavy atom. The van der Waals surface area contributed by atoms with Crippen molar-refractivity contribution in [3.05, 3.63) is 35.6 Å². The quantitative estimate of drug-likeness (QED) is 0.879. The van der Waals surface area contributed by atoms with E-state index < -0.39 is 17.7 Å². The molecule has 2 aliphatic rings. The van der Waals surface area contributed by atoms with Gasteiger partial charge in [0.15, 0.2) is 0 Å². The molecule has 3 atom stereocenters. The summed E-state index contributed by atoms with van der Waals surface area (Å²) in [5, 5.41) is 9.28. The Kier molecular flexibility index (Phi) is 5.77. The van der Waals surface area contributed by atoms with Gasteiger partial charge < -0.3 is 14.9 Å². The maximum Gasteiger partial charge on any atom is 0.308 e. The lowest BCUT2D eigenvalue weighted by molar-refractivity contribution is -0.149. The highest BCUT2D eigenvalue weighted by molar-refractivity contribution is 5.94. The Labute approximate surface area is 157 Å². The number of halogens is 1. The number of aliphatic carboxylic acids is 1. The lowest BCUT2D eigenvalue weighted by Gasteiger charge is -2.40. The zero-order valence-corrected chi connectivity index (χ0v) is 15.4. The first kappa shape index (κ1) is 19.3. The molecule has 1 aromatic carbocycles. The molecule has 2 amide bonds. The van der Waals surface area contributed by atoms with E-state index in [9.17, 15) is 23.9 Å². The summed E-state index contributed by atoms with van der Waals surface area (Å²) in [5.74, 6) is -2.38. The van der Waals surface area contributed by atoms with E-state index in [2.05, 4.69) is 0 Å². The van der Waals surface area contributed by atoms with Crippen LogP contribution in [0.15, 0.2) is 24.3 Å². The molecule has 7 heteroatoms. The lowest BCUT2D eigenvalue weighted by Crippen LogP contribution is -2.52. The van der Waals surface area contributed by atoms with Crippen LogP contribution in [-0.4, -0.2) is 58.4 Å². The van der Waals surface area contributed by atoms with Crippen LogP contribution in [-0.2, 0) is 9.59 Å². The average molecular weight is 376 g/mol. The summed E-state index contributed by atoms with van der Waals surface area (Å²) >= 11 is 0. The van der Waals surface area contributed by atoms with Crippen LogP contribution in [0.25, 0.3) is 0 Å². The molecule has 3 unspecified atom stereocenters. The first-order valence-electron chi connectivity index (χ1n) is 9.45. The third-order valence-electron chi connectivity index (χ3n) is 5.66. The Morgan fingerprint density at radius 3 is 2.41 bits per heavy atom. The number of rotatable bonds is 3. The normalized spacial score (nSPS) is 25.9. The summed E-state index contributed by atoms with van der Waals surface area (Å²) in [6.07, 6.45) is 2.66. The van der Waals surface area contributed by atoms with Gasteiger partial charge in [-0.1, -0.05) is 0 Å². The van der Waals surface area contributed by atoms with Crippen molar-refractivity contribution in [1.82, 2.24) is 9.80 Å². The van der Waals surface area contributed by atoms with Gasteiger partial charge in [0, 0.05) is 31.2 Å². The van der Waals surface area contributed by atoms with Crippen LogP contribution in [0.3, 0.4) is 0 Å². The van der Waals surface area contributed by atoms with Crippen LogP contribution in [0.4, 0.5) is 4.39 Å². The van der Waals surface area contributed by atoms with Crippen molar-refractivity contribution in [3.8, 4) is 0 Å². The second-order valence-electron chi connectivity index (χ2n) is 7.55. The molecular weight excluding hydrogens is 351 g/mol. The molecule has 1 aromatic rings. The van der Waals surface area contributed by atoms with Crippen LogP contribution in [0.1, 0.15) is 43.0 Å². The highest BCUT2D eigenvalue weighted by atomic mass is 19.1. The summed E-state index contributed by atoms with van der Waals surface area (Å²) in [6, 6.07) is 5.42. The summed E-state index contributed by atoms with van der Waals surface area (Å²) in [5.41, 5.74) is 0.404. The van der Waals surface area contributed by atoms with Crippen LogP contribution >= 0.6 is 0 Å².